The molecule has 7 nitrogen and oxygen atoms in total. The highest BCUT2D eigenvalue weighted by Crippen LogP contribution is 2.37. The largest absolute Gasteiger partial charge is 0.444 e. The van der Waals surface area contributed by atoms with Crippen molar-refractivity contribution in [2.45, 2.75) is 13.3 Å². The summed E-state index contributed by atoms with van der Waals surface area (Å²) in [5.41, 5.74) is 5.49. The molecule has 2 aromatic rings. The number of carbonyl (C=O) groups is 2. The van der Waals surface area contributed by atoms with E-state index in [0.717, 1.165) is 6.42 Å². The maximum absolute atomic E-state index is 11.9. The highest BCUT2D eigenvalue weighted by molar-refractivity contribution is 5.94. The van der Waals surface area contributed by atoms with E-state index in [4.69, 9.17) is 4.42 Å². The Labute approximate surface area is 120 Å². The average Bonchev–Trinajstić information content (AvgIpc) is 3.04. The molecule has 1 saturated carbocycles. The van der Waals surface area contributed by atoms with Crippen molar-refractivity contribution < 1.29 is 14.0 Å². The number of hydrazine groups is 1. The third-order valence-corrected chi connectivity index (χ3v) is 3.39. The fourth-order valence-corrected chi connectivity index (χ4v) is 1.96. The lowest BCUT2D eigenvalue weighted by Crippen LogP contribution is -2.42. The molecule has 7 heteroatoms. The van der Waals surface area contributed by atoms with Crippen LogP contribution in [-0.2, 0) is 4.79 Å². The van der Waals surface area contributed by atoms with Crippen LogP contribution in [0.4, 0.5) is 0 Å². The van der Waals surface area contributed by atoms with Gasteiger partial charge in [-0.05, 0) is 24.5 Å². The van der Waals surface area contributed by atoms with Gasteiger partial charge in [0, 0.05) is 18.3 Å². The van der Waals surface area contributed by atoms with Crippen LogP contribution < -0.4 is 10.9 Å². The number of aromatic nitrogens is 2. The Morgan fingerprint density at radius 3 is 2.86 bits per heavy atom. The van der Waals surface area contributed by atoms with Crippen LogP contribution in [0.3, 0.4) is 0 Å². The third-order valence-electron chi connectivity index (χ3n) is 3.39. The molecule has 1 aliphatic rings. The minimum atomic E-state index is -0.518. The molecule has 2 N–H and O–H groups in total. The van der Waals surface area contributed by atoms with Gasteiger partial charge in [0.05, 0.1) is 5.56 Å². The van der Waals surface area contributed by atoms with E-state index in [1.54, 1.807) is 24.5 Å². The molecule has 0 aromatic carbocycles. The molecule has 2 heterocycles. The molecule has 2 amide bonds. The number of nitrogens with zero attached hydrogens (tertiary/aromatic N) is 2. The smallest absolute Gasteiger partial charge is 0.291 e. The summed E-state index contributed by atoms with van der Waals surface area (Å²) in [7, 11) is 0. The minimum absolute atomic E-state index is 0.00596. The molecule has 3 rings (SSSR count). The lowest BCUT2D eigenvalue weighted by atomic mass is 10.3. The molecule has 0 bridgehead atoms. The van der Waals surface area contributed by atoms with Gasteiger partial charge in [0.15, 0.2) is 5.69 Å². The molecule has 2 atom stereocenters. The molecule has 0 aliphatic heterocycles. The van der Waals surface area contributed by atoms with Crippen molar-refractivity contribution in [1.82, 2.24) is 20.8 Å². The van der Waals surface area contributed by atoms with Crippen molar-refractivity contribution in [3.05, 3.63) is 36.5 Å². The molecule has 108 valence electrons. The van der Waals surface area contributed by atoms with Gasteiger partial charge in [-0.1, -0.05) is 6.92 Å². The highest BCUT2D eigenvalue weighted by atomic mass is 16.3. The third kappa shape index (κ3) is 2.91. The maximum Gasteiger partial charge on any atom is 0.291 e. The Kier molecular flexibility index (Phi) is 3.39. The van der Waals surface area contributed by atoms with Crippen LogP contribution in [0.25, 0.3) is 11.5 Å². The molecule has 2 unspecified atom stereocenters. The number of pyridine rings is 1. The van der Waals surface area contributed by atoms with Crippen LogP contribution in [0, 0.1) is 11.8 Å². The van der Waals surface area contributed by atoms with Gasteiger partial charge < -0.3 is 4.42 Å². The fourth-order valence-electron chi connectivity index (χ4n) is 1.96. The predicted octanol–water partition coefficient (Wildman–Crippen LogP) is 1.15. The predicted molar refractivity (Wildman–Crippen MR) is 72.6 cm³/mol. The summed E-state index contributed by atoms with van der Waals surface area (Å²) in [5, 5.41) is 0. The topological polar surface area (TPSA) is 97.1 Å². The van der Waals surface area contributed by atoms with Crippen molar-refractivity contribution in [2.75, 3.05) is 0 Å². The number of amides is 2. The van der Waals surface area contributed by atoms with Crippen LogP contribution in [0.2, 0.25) is 0 Å². The van der Waals surface area contributed by atoms with Gasteiger partial charge in [-0.25, -0.2) is 4.98 Å². The van der Waals surface area contributed by atoms with E-state index >= 15 is 0 Å². The maximum atomic E-state index is 11.9. The molecule has 1 aliphatic carbocycles. The number of nitrogens with one attached hydrogen (secondary N) is 2. The molecule has 0 saturated heterocycles. The van der Waals surface area contributed by atoms with Crippen LogP contribution in [-0.4, -0.2) is 21.8 Å². The van der Waals surface area contributed by atoms with Crippen molar-refractivity contribution in [1.29, 1.82) is 0 Å². The first-order valence-corrected chi connectivity index (χ1v) is 6.61. The summed E-state index contributed by atoms with van der Waals surface area (Å²) in [6, 6.07) is 3.52. The minimum Gasteiger partial charge on any atom is -0.444 e. The standard InChI is InChI=1S/C14H14N4O3/c1-8-5-10(8)12(19)17-18-13(20)11-7-21-14(16-11)9-3-2-4-15-6-9/h2-4,6-8,10H,5H2,1H3,(H,17,19)(H,18,20). The Morgan fingerprint density at radius 2 is 2.19 bits per heavy atom. The van der Waals surface area contributed by atoms with E-state index in [0.29, 0.717) is 17.4 Å². The second-order valence-corrected chi connectivity index (χ2v) is 5.04. The van der Waals surface area contributed by atoms with Crippen molar-refractivity contribution >= 4 is 11.8 Å². The number of rotatable bonds is 3. The number of oxazole rings is 1. The Hall–Kier alpha value is -2.70. The van der Waals surface area contributed by atoms with Crippen molar-refractivity contribution in [3.63, 3.8) is 0 Å². The highest BCUT2D eigenvalue weighted by Gasteiger charge is 2.39. The van der Waals surface area contributed by atoms with Gasteiger partial charge in [0.2, 0.25) is 11.8 Å². The molecule has 0 spiro atoms. The van der Waals surface area contributed by atoms with E-state index in [9.17, 15) is 9.59 Å². The molecule has 21 heavy (non-hydrogen) atoms. The number of carbonyl (C=O) groups excluding carboxylic acids is 2. The van der Waals surface area contributed by atoms with E-state index in [1.165, 1.54) is 6.26 Å². The summed E-state index contributed by atoms with van der Waals surface area (Å²) in [6.07, 6.45) is 5.32. The summed E-state index contributed by atoms with van der Waals surface area (Å²) in [6.45, 7) is 1.99. The van der Waals surface area contributed by atoms with Gasteiger partial charge in [-0.2, -0.15) is 0 Å². The van der Waals surface area contributed by atoms with E-state index in [-0.39, 0.29) is 17.5 Å². The molecular formula is C14H14N4O3. The first-order valence-electron chi connectivity index (χ1n) is 6.61. The van der Waals surface area contributed by atoms with Crippen molar-refractivity contribution in [3.8, 4) is 11.5 Å². The van der Waals surface area contributed by atoms with Crippen LogP contribution in [0.1, 0.15) is 23.8 Å². The normalized spacial score (nSPS) is 19.9. The first-order chi connectivity index (χ1) is 10.1. The number of hydrogen-bond acceptors (Lipinski definition) is 5. The van der Waals surface area contributed by atoms with Crippen LogP contribution >= 0.6 is 0 Å². The molecule has 1 fully saturated rings. The number of hydrogen-bond donors (Lipinski definition) is 2. The molecule has 2 aromatic heterocycles. The Bertz CT molecular complexity index is 668. The zero-order valence-corrected chi connectivity index (χ0v) is 11.4. The summed E-state index contributed by atoms with van der Waals surface area (Å²) in [4.78, 5) is 31.5. The molecule has 0 radical (unpaired) electrons. The quantitative estimate of drug-likeness (QED) is 0.825. The van der Waals surface area contributed by atoms with E-state index < -0.39 is 5.91 Å². The summed E-state index contributed by atoms with van der Waals surface area (Å²) < 4.78 is 5.23. The van der Waals surface area contributed by atoms with E-state index in [2.05, 4.69) is 20.8 Å². The lowest BCUT2D eigenvalue weighted by molar-refractivity contribution is -0.123. The zero-order valence-electron chi connectivity index (χ0n) is 11.4. The Balaban J connectivity index is 1.61. The second kappa shape index (κ2) is 5.35. The lowest BCUT2D eigenvalue weighted by Gasteiger charge is -2.04. The van der Waals surface area contributed by atoms with Gasteiger partial charge >= 0.3 is 0 Å². The zero-order chi connectivity index (χ0) is 14.8. The van der Waals surface area contributed by atoms with Gasteiger partial charge in [0.1, 0.15) is 6.26 Å². The average molecular weight is 286 g/mol. The van der Waals surface area contributed by atoms with Crippen molar-refractivity contribution in [2.24, 2.45) is 11.8 Å². The Morgan fingerprint density at radius 1 is 1.38 bits per heavy atom. The fraction of sp³-hybridized carbons (Fsp3) is 0.286. The van der Waals surface area contributed by atoms with Crippen LogP contribution in [0.15, 0.2) is 35.2 Å². The second-order valence-electron chi connectivity index (χ2n) is 5.04. The summed E-state index contributed by atoms with van der Waals surface area (Å²) >= 11 is 0. The first kappa shape index (κ1) is 13.3. The van der Waals surface area contributed by atoms with Gasteiger partial charge in [0.25, 0.3) is 5.91 Å². The monoisotopic (exact) mass is 286 g/mol. The van der Waals surface area contributed by atoms with Gasteiger partial charge in [-0.15, -0.1) is 0 Å². The SMILES string of the molecule is CC1CC1C(=O)NNC(=O)c1coc(-c2cccnc2)n1. The van der Waals surface area contributed by atoms with Crippen LogP contribution in [0.5, 0.6) is 0 Å². The molecular weight excluding hydrogens is 272 g/mol. The summed E-state index contributed by atoms with van der Waals surface area (Å²) in [5.74, 6) is -0.0162. The van der Waals surface area contributed by atoms with E-state index in [1.807, 2.05) is 6.92 Å². The van der Waals surface area contributed by atoms with Gasteiger partial charge in [-0.3, -0.25) is 25.4 Å².